The summed E-state index contributed by atoms with van der Waals surface area (Å²) in [5, 5.41) is 20.2. The molecule has 0 spiro atoms. The van der Waals surface area contributed by atoms with E-state index < -0.39 is 0 Å². The third kappa shape index (κ3) is 5.16. The van der Waals surface area contributed by atoms with E-state index >= 15 is 0 Å². The summed E-state index contributed by atoms with van der Waals surface area (Å²) in [6.07, 6.45) is 17.3. The number of aliphatic hydroxyl groups is 2. The van der Waals surface area contributed by atoms with Crippen molar-refractivity contribution in [3.63, 3.8) is 0 Å². The molecule has 144 valence electrons. The van der Waals surface area contributed by atoms with Crippen LogP contribution in [-0.4, -0.2) is 21.2 Å². The van der Waals surface area contributed by atoms with E-state index in [2.05, 4.69) is 45.8 Å². The zero-order valence-corrected chi connectivity index (χ0v) is 16.9. The summed E-state index contributed by atoms with van der Waals surface area (Å²) in [5.41, 5.74) is 3.14. The topological polar surface area (TPSA) is 43.7 Å². The van der Waals surface area contributed by atoms with Crippen LogP contribution in [0.5, 0.6) is 0 Å². The number of aliphatic hydroxyl groups excluding tert-OH is 2. The van der Waals surface area contributed by atoms with E-state index in [9.17, 15) is 10.2 Å². The van der Waals surface area contributed by atoms with Gasteiger partial charge >= 0.3 is 0 Å². The molecule has 0 aromatic heterocycles. The lowest BCUT2D eigenvalue weighted by Gasteiger charge is -2.40. The van der Waals surface area contributed by atoms with Crippen molar-refractivity contribution in [3.05, 3.63) is 95.8 Å². The fourth-order valence-corrected chi connectivity index (χ4v) is 2.89. The molecule has 0 radical (unpaired) electrons. The van der Waals surface area contributed by atoms with Crippen LogP contribution in [0.3, 0.4) is 0 Å². The van der Waals surface area contributed by atoms with Crippen molar-refractivity contribution in [1.29, 1.82) is 0 Å². The molecule has 2 rings (SSSR count). The van der Waals surface area contributed by atoms with E-state index in [1.807, 2.05) is 42.7 Å². The molecule has 1 aliphatic heterocycles. The average molecular weight is 366 g/mol. The summed E-state index contributed by atoms with van der Waals surface area (Å²) in [4.78, 5) is 2.13. The van der Waals surface area contributed by atoms with Gasteiger partial charge in [0.05, 0.1) is 0 Å². The monoisotopic (exact) mass is 365 g/mol. The molecule has 3 nitrogen and oxygen atoms in total. The predicted molar refractivity (Wildman–Crippen MR) is 114 cm³/mol. The number of allylic oxidation sites excluding steroid dienone is 8. The molecule has 0 saturated heterocycles. The minimum absolute atomic E-state index is 0.0143. The maximum Gasteiger partial charge on any atom is 0.122 e. The molecule has 0 bridgehead atoms. The molecule has 1 aliphatic carbocycles. The highest BCUT2D eigenvalue weighted by molar-refractivity contribution is 5.53. The molecule has 2 aliphatic rings. The van der Waals surface area contributed by atoms with Gasteiger partial charge in [0.15, 0.2) is 0 Å². The molecular formula is C24H31NO2. The van der Waals surface area contributed by atoms with Crippen LogP contribution in [-0.2, 0) is 0 Å². The number of nitrogens with zero attached hydrogens (tertiary/aromatic N) is 1. The Morgan fingerprint density at radius 2 is 1.96 bits per heavy atom. The SMILES string of the molecule is C=C(O)C1=CN(C(C)C(C)(C)C)C(/C=C/C2=C/CC/C=C/C=C\2O)=CC1=C. The Labute approximate surface area is 163 Å². The lowest BCUT2D eigenvalue weighted by atomic mass is 9.85. The van der Waals surface area contributed by atoms with Crippen LogP contribution in [0.2, 0.25) is 0 Å². The van der Waals surface area contributed by atoms with E-state index in [0.29, 0.717) is 11.1 Å². The van der Waals surface area contributed by atoms with Crippen LogP contribution in [0.15, 0.2) is 95.8 Å². The summed E-state index contributed by atoms with van der Waals surface area (Å²) in [6.45, 7) is 16.4. The standard InChI is InChI=1S/C24H31NO2/c1-17-15-21(14-13-20-11-9-7-8-10-12-23(20)27)25(16-22(17)18(2)26)19(3)24(4,5)6/h8,10-16,19,26-27H,1-2,7,9H2,3-6H3/b10-8+,14-13+,20-11-,23-12+. The summed E-state index contributed by atoms with van der Waals surface area (Å²) >= 11 is 0. The third-order valence-corrected chi connectivity index (χ3v) is 5.03. The third-order valence-electron chi connectivity index (χ3n) is 5.03. The van der Waals surface area contributed by atoms with Gasteiger partial charge in [-0.1, -0.05) is 52.2 Å². The zero-order chi connectivity index (χ0) is 20.2. The number of rotatable bonds is 4. The number of hydrogen-bond donors (Lipinski definition) is 2. The first-order valence-corrected chi connectivity index (χ1v) is 9.35. The lowest BCUT2D eigenvalue weighted by molar-refractivity contribution is 0.196. The quantitative estimate of drug-likeness (QED) is 0.566. The Kier molecular flexibility index (Phi) is 6.37. The van der Waals surface area contributed by atoms with Crippen LogP contribution in [0, 0.1) is 5.41 Å². The summed E-state index contributed by atoms with van der Waals surface area (Å²) in [7, 11) is 0. The second-order valence-corrected chi connectivity index (χ2v) is 8.08. The maximum absolute atomic E-state index is 10.3. The lowest BCUT2D eigenvalue weighted by Crippen LogP contribution is -2.39. The van der Waals surface area contributed by atoms with Crippen molar-refractivity contribution < 1.29 is 10.2 Å². The van der Waals surface area contributed by atoms with Crippen molar-refractivity contribution >= 4 is 0 Å². The second-order valence-electron chi connectivity index (χ2n) is 8.08. The molecule has 0 aromatic rings. The Hall–Kier alpha value is -2.68. The van der Waals surface area contributed by atoms with Gasteiger partial charge in [-0.2, -0.15) is 0 Å². The van der Waals surface area contributed by atoms with Gasteiger partial charge in [-0.05, 0) is 55.1 Å². The molecule has 3 heteroatoms. The first-order valence-electron chi connectivity index (χ1n) is 9.35. The van der Waals surface area contributed by atoms with Gasteiger partial charge < -0.3 is 15.1 Å². The van der Waals surface area contributed by atoms with Crippen molar-refractivity contribution in [2.75, 3.05) is 0 Å². The van der Waals surface area contributed by atoms with E-state index in [0.717, 1.165) is 24.1 Å². The molecule has 1 unspecified atom stereocenters. The van der Waals surface area contributed by atoms with Crippen LogP contribution in [0.25, 0.3) is 0 Å². The highest BCUT2D eigenvalue weighted by Crippen LogP contribution is 2.34. The Bertz CT molecular complexity index is 795. The molecule has 0 saturated carbocycles. The fourth-order valence-electron chi connectivity index (χ4n) is 2.89. The van der Waals surface area contributed by atoms with Gasteiger partial charge in [0.25, 0.3) is 0 Å². The summed E-state index contributed by atoms with van der Waals surface area (Å²) in [5.74, 6) is 0.272. The van der Waals surface area contributed by atoms with Crippen molar-refractivity contribution in [3.8, 4) is 0 Å². The summed E-state index contributed by atoms with van der Waals surface area (Å²) < 4.78 is 0. The molecule has 1 heterocycles. The average Bonchev–Trinajstić information content (AvgIpc) is 2.56. The van der Waals surface area contributed by atoms with E-state index in [1.165, 1.54) is 0 Å². The largest absolute Gasteiger partial charge is 0.508 e. The first-order chi connectivity index (χ1) is 12.6. The van der Waals surface area contributed by atoms with Crippen LogP contribution >= 0.6 is 0 Å². The molecule has 2 N–H and O–H groups in total. The van der Waals surface area contributed by atoms with Gasteiger partial charge in [-0.25, -0.2) is 0 Å². The van der Waals surface area contributed by atoms with Crippen LogP contribution in [0.1, 0.15) is 40.5 Å². The molecule has 0 fully saturated rings. The van der Waals surface area contributed by atoms with Crippen LogP contribution in [0.4, 0.5) is 0 Å². The minimum Gasteiger partial charge on any atom is -0.508 e. The Morgan fingerprint density at radius 3 is 2.59 bits per heavy atom. The summed E-state index contributed by atoms with van der Waals surface area (Å²) in [6, 6.07) is 0.175. The van der Waals surface area contributed by atoms with Crippen molar-refractivity contribution in [2.45, 2.75) is 46.6 Å². The smallest absolute Gasteiger partial charge is 0.122 e. The van der Waals surface area contributed by atoms with E-state index in [1.54, 1.807) is 6.08 Å². The van der Waals surface area contributed by atoms with Gasteiger partial charge in [0.2, 0.25) is 0 Å². The normalized spacial score (nSPS) is 24.7. The van der Waals surface area contributed by atoms with Crippen molar-refractivity contribution in [2.24, 2.45) is 5.41 Å². The number of hydrogen-bond acceptors (Lipinski definition) is 3. The minimum atomic E-state index is 0.0143. The Balaban J connectivity index is 2.40. The van der Waals surface area contributed by atoms with E-state index in [4.69, 9.17) is 0 Å². The van der Waals surface area contributed by atoms with Crippen molar-refractivity contribution in [1.82, 2.24) is 4.90 Å². The zero-order valence-electron chi connectivity index (χ0n) is 16.9. The molecule has 1 atom stereocenters. The maximum atomic E-state index is 10.3. The highest BCUT2D eigenvalue weighted by atomic mass is 16.3. The second kappa shape index (κ2) is 8.34. The van der Waals surface area contributed by atoms with E-state index in [-0.39, 0.29) is 23.0 Å². The predicted octanol–water partition coefficient (Wildman–Crippen LogP) is 6.41. The van der Waals surface area contributed by atoms with Crippen LogP contribution < -0.4 is 0 Å². The molecule has 0 amide bonds. The van der Waals surface area contributed by atoms with Gasteiger partial charge in [0.1, 0.15) is 11.5 Å². The van der Waals surface area contributed by atoms with Gasteiger partial charge in [0, 0.05) is 29.1 Å². The Morgan fingerprint density at radius 1 is 1.26 bits per heavy atom. The molecule has 0 aromatic carbocycles. The first kappa shape index (κ1) is 20.6. The van der Waals surface area contributed by atoms with Gasteiger partial charge in [-0.3, -0.25) is 0 Å². The molecular weight excluding hydrogens is 334 g/mol. The highest BCUT2D eigenvalue weighted by Gasteiger charge is 2.29. The van der Waals surface area contributed by atoms with Gasteiger partial charge in [-0.15, -0.1) is 0 Å². The molecule has 27 heavy (non-hydrogen) atoms. The fraction of sp³-hybridized carbons (Fsp3) is 0.333.